The molecule has 0 aliphatic carbocycles. The van der Waals surface area contributed by atoms with Crippen LogP contribution in [0.1, 0.15) is 46.2 Å². The molecule has 3 heterocycles. The lowest BCUT2D eigenvalue weighted by atomic mass is 9.95. The Balaban J connectivity index is 1.35. The molecule has 1 aliphatic rings. The molecular formula is C23H24N4O. The van der Waals surface area contributed by atoms with Crippen molar-refractivity contribution in [3.63, 3.8) is 0 Å². The molecule has 0 atom stereocenters. The van der Waals surface area contributed by atoms with Gasteiger partial charge in [-0.25, -0.2) is 4.98 Å². The minimum Gasteiger partial charge on any atom is -0.358 e. The smallest absolute Gasteiger partial charge is 0.255 e. The average Bonchev–Trinajstić information content (AvgIpc) is 3.29. The summed E-state index contributed by atoms with van der Waals surface area (Å²) in [6.07, 6.45) is 1.87. The van der Waals surface area contributed by atoms with Gasteiger partial charge in [-0.1, -0.05) is 24.3 Å². The first-order valence-electron chi connectivity index (χ1n) is 9.93. The Hall–Kier alpha value is -3.08. The predicted octanol–water partition coefficient (Wildman–Crippen LogP) is 4.68. The normalized spacial score (nSPS) is 15.6. The first kappa shape index (κ1) is 17.0. The van der Waals surface area contributed by atoms with Crippen molar-refractivity contribution in [1.29, 1.82) is 0 Å². The molecule has 0 saturated carbocycles. The van der Waals surface area contributed by atoms with E-state index in [0.29, 0.717) is 5.92 Å². The minimum absolute atomic E-state index is 0.120. The Labute approximate surface area is 163 Å². The highest BCUT2D eigenvalue weighted by Gasteiger charge is 2.27. The predicted molar refractivity (Wildman–Crippen MR) is 112 cm³/mol. The van der Waals surface area contributed by atoms with Crippen molar-refractivity contribution >= 4 is 27.8 Å². The number of hydrogen-bond donors (Lipinski definition) is 2. The number of carbonyl (C=O) groups excluding carboxylic acids is 1. The number of aromatic nitrogens is 3. The molecule has 0 bridgehead atoms. The number of aryl methyl sites for hydroxylation is 2. The van der Waals surface area contributed by atoms with Gasteiger partial charge in [0, 0.05) is 30.1 Å². The lowest BCUT2D eigenvalue weighted by molar-refractivity contribution is 0.0713. The molecule has 5 heteroatoms. The second kappa shape index (κ2) is 6.51. The molecule has 142 valence electrons. The van der Waals surface area contributed by atoms with E-state index in [4.69, 9.17) is 4.98 Å². The van der Waals surface area contributed by atoms with E-state index in [2.05, 4.69) is 35.9 Å². The number of aromatic amines is 2. The molecule has 1 fully saturated rings. The molecule has 1 saturated heterocycles. The standard InChI is InChI=1S/C23H24N4O/c1-14-15(2)24-21-17(14)6-5-7-18(21)23(28)27-12-10-16(11-13-27)22-25-19-8-3-4-9-20(19)26-22/h3-9,16,24H,10-13H2,1-2H3,(H,25,26). The second-order valence-corrected chi connectivity index (χ2v) is 7.81. The number of carbonyl (C=O) groups is 1. The lowest BCUT2D eigenvalue weighted by Gasteiger charge is -2.31. The Morgan fingerprint density at radius 1 is 1.04 bits per heavy atom. The van der Waals surface area contributed by atoms with E-state index < -0.39 is 0 Å². The summed E-state index contributed by atoms with van der Waals surface area (Å²) in [5.41, 5.74) is 6.17. The third kappa shape index (κ3) is 2.70. The SMILES string of the molecule is Cc1[nH]c2c(C(=O)N3CCC(c4nc5ccccc5[nH]4)CC3)cccc2c1C. The zero-order chi connectivity index (χ0) is 19.3. The van der Waals surface area contributed by atoms with Crippen LogP contribution in [0.25, 0.3) is 21.9 Å². The highest BCUT2D eigenvalue weighted by molar-refractivity contribution is 6.06. The second-order valence-electron chi connectivity index (χ2n) is 7.81. The summed E-state index contributed by atoms with van der Waals surface area (Å²) >= 11 is 0. The van der Waals surface area contributed by atoms with Crippen molar-refractivity contribution in [3.8, 4) is 0 Å². The first-order chi connectivity index (χ1) is 13.6. The van der Waals surface area contributed by atoms with Crippen molar-refractivity contribution in [2.45, 2.75) is 32.6 Å². The van der Waals surface area contributed by atoms with Crippen LogP contribution in [0.5, 0.6) is 0 Å². The summed E-state index contributed by atoms with van der Waals surface area (Å²) in [6.45, 7) is 5.68. The largest absolute Gasteiger partial charge is 0.358 e. The van der Waals surface area contributed by atoms with Crippen molar-refractivity contribution in [2.24, 2.45) is 0 Å². The lowest BCUT2D eigenvalue weighted by Crippen LogP contribution is -2.38. The number of likely N-dealkylation sites (tertiary alicyclic amines) is 1. The van der Waals surface area contributed by atoms with Crippen molar-refractivity contribution < 1.29 is 4.79 Å². The fourth-order valence-electron chi connectivity index (χ4n) is 4.35. The number of amides is 1. The van der Waals surface area contributed by atoms with Gasteiger partial charge >= 0.3 is 0 Å². The zero-order valence-electron chi connectivity index (χ0n) is 16.2. The topological polar surface area (TPSA) is 64.8 Å². The van der Waals surface area contributed by atoms with Crippen molar-refractivity contribution in [2.75, 3.05) is 13.1 Å². The molecule has 28 heavy (non-hydrogen) atoms. The van der Waals surface area contributed by atoms with Crippen LogP contribution in [0, 0.1) is 13.8 Å². The third-order valence-corrected chi connectivity index (χ3v) is 6.15. The van der Waals surface area contributed by atoms with Crippen LogP contribution < -0.4 is 0 Å². The number of para-hydroxylation sites is 3. The van der Waals surface area contributed by atoms with Gasteiger partial charge in [-0.3, -0.25) is 4.79 Å². The van der Waals surface area contributed by atoms with Crippen LogP contribution >= 0.6 is 0 Å². The number of hydrogen-bond acceptors (Lipinski definition) is 2. The molecule has 1 aliphatic heterocycles. The monoisotopic (exact) mass is 372 g/mol. The molecule has 5 nitrogen and oxygen atoms in total. The number of nitrogens with one attached hydrogen (secondary N) is 2. The molecule has 5 rings (SSSR count). The van der Waals surface area contributed by atoms with Gasteiger partial charge < -0.3 is 14.9 Å². The molecule has 1 amide bonds. The molecule has 2 aromatic carbocycles. The van der Waals surface area contributed by atoms with Crippen molar-refractivity contribution in [3.05, 3.63) is 65.1 Å². The van der Waals surface area contributed by atoms with E-state index in [1.165, 1.54) is 5.56 Å². The van der Waals surface area contributed by atoms with Gasteiger partial charge in [0.15, 0.2) is 0 Å². The molecule has 2 aromatic heterocycles. The van der Waals surface area contributed by atoms with E-state index in [1.807, 2.05) is 35.2 Å². The van der Waals surface area contributed by atoms with Crippen LogP contribution in [-0.2, 0) is 0 Å². The zero-order valence-corrected chi connectivity index (χ0v) is 16.2. The summed E-state index contributed by atoms with van der Waals surface area (Å²) < 4.78 is 0. The quantitative estimate of drug-likeness (QED) is 0.536. The number of H-pyrrole nitrogens is 2. The fourth-order valence-corrected chi connectivity index (χ4v) is 4.35. The summed E-state index contributed by atoms with van der Waals surface area (Å²) in [5.74, 6) is 1.54. The van der Waals surface area contributed by atoms with Crippen LogP contribution in [-0.4, -0.2) is 38.8 Å². The summed E-state index contributed by atoms with van der Waals surface area (Å²) in [7, 11) is 0. The number of benzene rings is 2. The number of nitrogens with zero attached hydrogens (tertiary/aromatic N) is 2. The Kier molecular flexibility index (Phi) is 3.97. The molecule has 4 aromatic rings. The van der Waals surface area contributed by atoms with Gasteiger partial charge in [0.25, 0.3) is 5.91 Å². The van der Waals surface area contributed by atoms with Crippen LogP contribution in [0.15, 0.2) is 42.5 Å². The van der Waals surface area contributed by atoms with Crippen molar-refractivity contribution in [1.82, 2.24) is 19.9 Å². The minimum atomic E-state index is 0.120. The molecule has 0 radical (unpaired) electrons. The maximum absolute atomic E-state index is 13.2. The Bertz CT molecular complexity index is 1140. The van der Waals surface area contributed by atoms with Gasteiger partial charge in [-0.05, 0) is 50.5 Å². The maximum Gasteiger partial charge on any atom is 0.255 e. The van der Waals surface area contributed by atoms with E-state index >= 15 is 0 Å². The number of fused-ring (bicyclic) bond motifs is 2. The first-order valence-corrected chi connectivity index (χ1v) is 9.93. The van der Waals surface area contributed by atoms with E-state index in [9.17, 15) is 4.79 Å². The molecule has 2 N–H and O–H groups in total. The molecular weight excluding hydrogens is 348 g/mol. The molecule has 0 unspecified atom stereocenters. The van der Waals surface area contributed by atoms with Gasteiger partial charge in [0.05, 0.1) is 22.1 Å². The van der Waals surface area contributed by atoms with Crippen LogP contribution in [0.3, 0.4) is 0 Å². The number of rotatable bonds is 2. The maximum atomic E-state index is 13.2. The average molecular weight is 372 g/mol. The van der Waals surface area contributed by atoms with Gasteiger partial charge in [-0.15, -0.1) is 0 Å². The van der Waals surface area contributed by atoms with E-state index in [-0.39, 0.29) is 5.91 Å². The van der Waals surface area contributed by atoms with E-state index in [1.54, 1.807) is 0 Å². The highest BCUT2D eigenvalue weighted by atomic mass is 16.2. The third-order valence-electron chi connectivity index (χ3n) is 6.15. The van der Waals surface area contributed by atoms with Gasteiger partial charge in [-0.2, -0.15) is 0 Å². The van der Waals surface area contributed by atoms with Crippen LogP contribution in [0.2, 0.25) is 0 Å². The molecule has 0 spiro atoms. The summed E-state index contributed by atoms with van der Waals surface area (Å²) in [5, 5.41) is 1.14. The van der Waals surface area contributed by atoms with E-state index in [0.717, 1.165) is 64.9 Å². The Morgan fingerprint density at radius 3 is 2.61 bits per heavy atom. The van der Waals surface area contributed by atoms with Gasteiger partial charge in [0.2, 0.25) is 0 Å². The van der Waals surface area contributed by atoms with Gasteiger partial charge in [0.1, 0.15) is 5.82 Å². The fraction of sp³-hybridized carbons (Fsp3) is 0.304. The number of imidazole rings is 1. The summed E-state index contributed by atoms with van der Waals surface area (Å²) in [4.78, 5) is 26.8. The summed E-state index contributed by atoms with van der Waals surface area (Å²) in [6, 6.07) is 14.1. The van der Waals surface area contributed by atoms with Crippen LogP contribution in [0.4, 0.5) is 0 Å². The Morgan fingerprint density at radius 2 is 1.82 bits per heavy atom. The number of piperidine rings is 1. The highest BCUT2D eigenvalue weighted by Crippen LogP contribution is 2.30.